The van der Waals surface area contributed by atoms with Crippen molar-refractivity contribution in [3.05, 3.63) is 50.9 Å². The van der Waals surface area contributed by atoms with E-state index in [1.54, 1.807) is 0 Å². The molecule has 0 fully saturated rings. The molecule has 3 nitrogen and oxygen atoms in total. The smallest absolute Gasteiger partial charge is 0.130 e. The third-order valence-corrected chi connectivity index (χ3v) is 4.21. The fraction of sp³-hybridized carbons (Fsp3) is 0.357. The highest BCUT2D eigenvalue weighted by Crippen LogP contribution is 2.30. The van der Waals surface area contributed by atoms with E-state index in [-0.39, 0.29) is 6.04 Å². The quantitative estimate of drug-likeness (QED) is 0.837. The number of rotatable bonds is 5. The van der Waals surface area contributed by atoms with Crippen LogP contribution in [0, 0.1) is 0 Å². The Bertz CT molecular complexity index is 551. The molecule has 1 unspecified atom stereocenters. The molecule has 0 spiro atoms. The molecule has 2 aromatic rings. The van der Waals surface area contributed by atoms with Gasteiger partial charge in [-0.05, 0) is 31.2 Å². The number of benzene rings is 1. The maximum atomic E-state index is 4.51. The summed E-state index contributed by atoms with van der Waals surface area (Å²) in [5.41, 5.74) is 1.19. The van der Waals surface area contributed by atoms with E-state index >= 15 is 0 Å². The number of hydrogen-bond acceptors (Lipinski definition) is 2. The van der Waals surface area contributed by atoms with E-state index in [9.17, 15) is 0 Å². The highest BCUT2D eigenvalue weighted by atomic mass is 79.9. The molecule has 0 bridgehead atoms. The summed E-state index contributed by atoms with van der Waals surface area (Å²) in [4.78, 5) is 4.51. The van der Waals surface area contributed by atoms with E-state index < -0.39 is 0 Å². The lowest BCUT2D eigenvalue weighted by molar-refractivity contribution is 0.567. The first kappa shape index (κ1) is 14.8. The molecule has 0 saturated heterocycles. The Morgan fingerprint density at radius 1 is 1.37 bits per heavy atom. The number of imidazole rings is 1. The molecule has 102 valence electrons. The van der Waals surface area contributed by atoms with Gasteiger partial charge in [-0.25, -0.2) is 4.98 Å². The van der Waals surface area contributed by atoms with E-state index in [0.717, 1.165) is 27.7 Å². The van der Waals surface area contributed by atoms with Crippen molar-refractivity contribution < 1.29 is 0 Å². The number of aromatic nitrogens is 2. The van der Waals surface area contributed by atoms with Gasteiger partial charge < -0.3 is 9.88 Å². The van der Waals surface area contributed by atoms with Crippen LogP contribution in [0.3, 0.4) is 0 Å². The van der Waals surface area contributed by atoms with E-state index in [1.807, 2.05) is 19.4 Å². The second-order valence-electron chi connectivity index (χ2n) is 4.37. The maximum absolute atomic E-state index is 4.51. The second kappa shape index (κ2) is 6.68. The zero-order valence-corrected chi connectivity index (χ0v) is 14.2. The number of aryl methyl sites for hydroxylation is 1. The molecular formula is C14H17Br2N3. The minimum absolute atomic E-state index is 0.0871. The first-order valence-electron chi connectivity index (χ1n) is 6.30. The fourth-order valence-electron chi connectivity index (χ4n) is 2.17. The minimum atomic E-state index is 0.0871. The number of halogens is 2. The molecule has 0 aliphatic heterocycles. The predicted octanol–water partition coefficient (Wildman–Crippen LogP) is 4.13. The highest BCUT2D eigenvalue weighted by Gasteiger charge is 2.19. The Labute approximate surface area is 130 Å². The number of nitrogens with one attached hydrogen (secondary N) is 1. The van der Waals surface area contributed by atoms with Crippen molar-refractivity contribution in [1.82, 2.24) is 14.9 Å². The van der Waals surface area contributed by atoms with E-state index in [4.69, 9.17) is 0 Å². The SMILES string of the molecule is CCCn1ccnc1C(NC)c1ccc(Br)cc1Br. The highest BCUT2D eigenvalue weighted by molar-refractivity contribution is 9.11. The summed E-state index contributed by atoms with van der Waals surface area (Å²) >= 11 is 7.11. The van der Waals surface area contributed by atoms with Crippen LogP contribution < -0.4 is 5.32 Å². The monoisotopic (exact) mass is 385 g/mol. The van der Waals surface area contributed by atoms with Crippen LogP contribution in [-0.4, -0.2) is 16.6 Å². The van der Waals surface area contributed by atoms with Crippen LogP contribution in [0.15, 0.2) is 39.5 Å². The fourth-order valence-corrected chi connectivity index (χ4v) is 3.45. The van der Waals surface area contributed by atoms with Crippen LogP contribution in [0.4, 0.5) is 0 Å². The van der Waals surface area contributed by atoms with E-state index in [2.05, 4.69) is 71.9 Å². The van der Waals surface area contributed by atoms with Crippen LogP contribution in [0.5, 0.6) is 0 Å². The van der Waals surface area contributed by atoms with Gasteiger partial charge in [-0.15, -0.1) is 0 Å². The molecule has 1 N–H and O–H groups in total. The molecule has 1 heterocycles. The number of hydrogen-bond donors (Lipinski definition) is 1. The topological polar surface area (TPSA) is 29.9 Å². The number of nitrogens with zero attached hydrogens (tertiary/aromatic N) is 2. The van der Waals surface area contributed by atoms with Gasteiger partial charge in [-0.2, -0.15) is 0 Å². The van der Waals surface area contributed by atoms with Gasteiger partial charge in [0.2, 0.25) is 0 Å². The molecule has 1 atom stereocenters. The molecule has 0 aliphatic carbocycles. The lowest BCUT2D eigenvalue weighted by Gasteiger charge is -2.19. The summed E-state index contributed by atoms with van der Waals surface area (Å²) in [6.45, 7) is 3.16. The molecule has 1 aromatic carbocycles. The lowest BCUT2D eigenvalue weighted by Crippen LogP contribution is -2.22. The normalized spacial score (nSPS) is 12.6. The van der Waals surface area contributed by atoms with Crippen molar-refractivity contribution >= 4 is 31.9 Å². The van der Waals surface area contributed by atoms with Crippen molar-refractivity contribution in [2.45, 2.75) is 25.9 Å². The zero-order chi connectivity index (χ0) is 13.8. The molecule has 1 aromatic heterocycles. The predicted molar refractivity (Wildman–Crippen MR) is 85.3 cm³/mol. The summed E-state index contributed by atoms with van der Waals surface area (Å²) in [5, 5.41) is 3.35. The van der Waals surface area contributed by atoms with Crippen LogP contribution >= 0.6 is 31.9 Å². The van der Waals surface area contributed by atoms with Crippen LogP contribution in [0.25, 0.3) is 0 Å². The third kappa shape index (κ3) is 3.27. The van der Waals surface area contributed by atoms with Gasteiger partial charge in [0, 0.05) is 27.9 Å². The summed E-state index contributed by atoms with van der Waals surface area (Å²) in [6.07, 6.45) is 5.00. The molecule has 0 amide bonds. The van der Waals surface area contributed by atoms with Crippen LogP contribution in [-0.2, 0) is 6.54 Å². The van der Waals surface area contributed by atoms with Gasteiger partial charge in [-0.3, -0.25) is 0 Å². The lowest BCUT2D eigenvalue weighted by atomic mass is 10.1. The Hall–Kier alpha value is -0.650. The Morgan fingerprint density at radius 3 is 2.79 bits per heavy atom. The zero-order valence-electron chi connectivity index (χ0n) is 11.0. The Morgan fingerprint density at radius 2 is 2.16 bits per heavy atom. The van der Waals surface area contributed by atoms with Crippen molar-refractivity contribution in [3.63, 3.8) is 0 Å². The van der Waals surface area contributed by atoms with Crippen molar-refractivity contribution in [3.8, 4) is 0 Å². The standard InChI is InChI=1S/C14H17Br2N3/c1-3-7-19-8-6-18-14(19)13(17-2)11-5-4-10(15)9-12(11)16/h4-6,8-9,13,17H,3,7H2,1-2H3. The summed E-state index contributed by atoms with van der Waals surface area (Å²) in [5.74, 6) is 1.05. The molecule has 0 aliphatic rings. The first-order chi connectivity index (χ1) is 9.17. The molecule has 0 radical (unpaired) electrons. The second-order valence-corrected chi connectivity index (χ2v) is 6.14. The summed E-state index contributed by atoms with van der Waals surface area (Å²) in [6, 6.07) is 6.31. The summed E-state index contributed by atoms with van der Waals surface area (Å²) < 4.78 is 4.34. The molecule has 0 saturated carbocycles. The van der Waals surface area contributed by atoms with Gasteiger partial charge in [0.25, 0.3) is 0 Å². The average molecular weight is 387 g/mol. The first-order valence-corrected chi connectivity index (χ1v) is 7.89. The van der Waals surface area contributed by atoms with Gasteiger partial charge >= 0.3 is 0 Å². The largest absolute Gasteiger partial charge is 0.333 e. The molecular weight excluding hydrogens is 370 g/mol. The van der Waals surface area contributed by atoms with Crippen molar-refractivity contribution in [2.24, 2.45) is 0 Å². The minimum Gasteiger partial charge on any atom is -0.333 e. The molecule has 19 heavy (non-hydrogen) atoms. The molecule has 5 heteroatoms. The Balaban J connectivity index is 2.41. The Kier molecular flexibility index (Phi) is 5.19. The third-order valence-electron chi connectivity index (χ3n) is 3.03. The van der Waals surface area contributed by atoms with Gasteiger partial charge in [-0.1, -0.05) is 44.8 Å². The van der Waals surface area contributed by atoms with Crippen LogP contribution in [0.1, 0.15) is 30.8 Å². The molecule has 2 rings (SSSR count). The van der Waals surface area contributed by atoms with Crippen molar-refractivity contribution in [2.75, 3.05) is 7.05 Å². The van der Waals surface area contributed by atoms with E-state index in [0.29, 0.717) is 0 Å². The average Bonchev–Trinajstić information content (AvgIpc) is 2.82. The maximum Gasteiger partial charge on any atom is 0.130 e. The van der Waals surface area contributed by atoms with Crippen LogP contribution in [0.2, 0.25) is 0 Å². The van der Waals surface area contributed by atoms with E-state index in [1.165, 1.54) is 5.56 Å². The van der Waals surface area contributed by atoms with Gasteiger partial charge in [0.15, 0.2) is 0 Å². The summed E-state index contributed by atoms with van der Waals surface area (Å²) in [7, 11) is 1.96. The van der Waals surface area contributed by atoms with Gasteiger partial charge in [0.1, 0.15) is 5.82 Å². The van der Waals surface area contributed by atoms with Crippen molar-refractivity contribution in [1.29, 1.82) is 0 Å². The van der Waals surface area contributed by atoms with Gasteiger partial charge in [0.05, 0.1) is 6.04 Å².